The van der Waals surface area contributed by atoms with Crippen molar-refractivity contribution < 1.29 is 14.7 Å². The van der Waals surface area contributed by atoms with E-state index in [1.165, 1.54) is 0 Å². The van der Waals surface area contributed by atoms with Gasteiger partial charge in [0, 0.05) is 0 Å². The minimum absolute atomic E-state index is 0.155. The summed E-state index contributed by atoms with van der Waals surface area (Å²) in [5.41, 5.74) is 2.15. The van der Waals surface area contributed by atoms with Crippen LogP contribution in [-0.4, -0.2) is 39.9 Å². The quantitative estimate of drug-likeness (QED) is 0.817. The van der Waals surface area contributed by atoms with Gasteiger partial charge in [-0.25, -0.2) is 0 Å². The van der Waals surface area contributed by atoms with Crippen LogP contribution in [0.2, 0.25) is 0 Å². The number of carbonyl (C=O) groups is 2. The van der Waals surface area contributed by atoms with Crippen molar-refractivity contribution >= 4 is 43.6 Å². The number of amides is 1. The summed E-state index contributed by atoms with van der Waals surface area (Å²) in [5.74, 6) is -2.14. The van der Waals surface area contributed by atoms with Crippen LogP contribution in [0.15, 0.2) is 18.2 Å². The molecule has 1 aliphatic rings. The molecule has 6 nitrogen and oxygen atoms in total. The van der Waals surface area contributed by atoms with Crippen molar-refractivity contribution in [2.75, 3.05) is 5.32 Å². The van der Waals surface area contributed by atoms with Crippen LogP contribution < -0.4 is 5.32 Å². The van der Waals surface area contributed by atoms with E-state index in [1.807, 2.05) is 12.1 Å². The molecule has 1 saturated carbocycles. The van der Waals surface area contributed by atoms with E-state index >= 15 is 0 Å². The van der Waals surface area contributed by atoms with Gasteiger partial charge in [0.2, 0.25) is 0 Å². The van der Waals surface area contributed by atoms with Crippen molar-refractivity contribution in [2.45, 2.75) is 25.7 Å². The third-order valence-corrected chi connectivity index (χ3v) is 5.10. The van der Waals surface area contributed by atoms with Gasteiger partial charge in [-0.2, -0.15) is 0 Å². The normalized spacial score (nSPS) is 22.1. The van der Waals surface area contributed by atoms with Gasteiger partial charge in [0.05, 0.1) is 0 Å². The predicted molar refractivity (Wildman–Crippen MR) is 78.2 cm³/mol. The van der Waals surface area contributed by atoms with Crippen LogP contribution in [0.5, 0.6) is 0 Å². The molecule has 7 heteroatoms. The molecule has 0 spiro atoms. The number of carbonyl (C=O) groups excluding carboxylic acids is 1. The molecule has 0 aliphatic heterocycles. The Labute approximate surface area is 127 Å². The van der Waals surface area contributed by atoms with Crippen molar-refractivity contribution in [2.24, 2.45) is 11.8 Å². The molecule has 3 rings (SSSR count). The molecule has 2 atom stereocenters. The van der Waals surface area contributed by atoms with Crippen LogP contribution >= 0.6 is 0 Å². The van der Waals surface area contributed by atoms with Crippen LogP contribution in [0.1, 0.15) is 25.7 Å². The SMILES string of the molecule is O=C(O)C1CCCCC1C(=O)Nc1cccc2n[se]nc12. The summed E-state index contributed by atoms with van der Waals surface area (Å²) in [6.07, 6.45) is 2.97. The van der Waals surface area contributed by atoms with E-state index in [0.29, 0.717) is 24.0 Å². The van der Waals surface area contributed by atoms with Gasteiger partial charge in [-0.15, -0.1) is 0 Å². The Morgan fingerprint density at radius 1 is 1.19 bits per heavy atom. The van der Waals surface area contributed by atoms with Gasteiger partial charge >= 0.3 is 127 Å². The fraction of sp³-hybridized carbons (Fsp3) is 0.429. The molecule has 0 saturated heterocycles. The number of carboxylic acid groups (broad SMARTS) is 1. The molecule has 0 bridgehead atoms. The number of nitrogens with zero attached hydrogens (tertiary/aromatic N) is 2. The molecule has 0 radical (unpaired) electrons. The molecule has 1 aromatic heterocycles. The average molecular weight is 352 g/mol. The second-order valence-corrected chi connectivity index (χ2v) is 6.37. The van der Waals surface area contributed by atoms with Crippen molar-refractivity contribution in [3.05, 3.63) is 18.2 Å². The van der Waals surface area contributed by atoms with Gasteiger partial charge in [0.25, 0.3) is 0 Å². The summed E-state index contributed by atoms with van der Waals surface area (Å²) in [5, 5.41) is 12.1. The Kier molecular flexibility index (Phi) is 4.03. The Morgan fingerprint density at radius 3 is 2.71 bits per heavy atom. The number of anilines is 1. The van der Waals surface area contributed by atoms with E-state index in [4.69, 9.17) is 0 Å². The van der Waals surface area contributed by atoms with E-state index in [0.717, 1.165) is 18.4 Å². The summed E-state index contributed by atoms with van der Waals surface area (Å²) in [4.78, 5) is 23.7. The molecular formula is C14H15N3O3Se. The topological polar surface area (TPSA) is 92.2 Å². The van der Waals surface area contributed by atoms with Crippen LogP contribution in [-0.2, 0) is 9.59 Å². The molecule has 1 aromatic carbocycles. The first-order chi connectivity index (χ1) is 10.2. The van der Waals surface area contributed by atoms with E-state index in [1.54, 1.807) is 6.07 Å². The van der Waals surface area contributed by atoms with Gasteiger partial charge in [0.15, 0.2) is 0 Å². The van der Waals surface area contributed by atoms with Gasteiger partial charge in [-0.3, -0.25) is 0 Å². The molecule has 1 fully saturated rings. The third-order valence-electron chi connectivity index (χ3n) is 3.96. The molecule has 1 heterocycles. The average Bonchev–Trinajstić information content (AvgIpc) is 2.96. The van der Waals surface area contributed by atoms with Gasteiger partial charge < -0.3 is 0 Å². The van der Waals surface area contributed by atoms with Crippen LogP contribution in [0.25, 0.3) is 11.0 Å². The second-order valence-electron chi connectivity index (χ2n) is 5.26. The zero-order valence-electron chi connectivity index (χ0n) is 11.3. The summed E-state index contributed by atoms with van der Waals surface area (Å²) < 4.78 is 8.59. The Hall–Kier alpha value is -1.72. The molecule has 1 aliphatic carbocycles. The van der Waals surface area contributed by atoms with Crippen molar-refractivity contribution in [1.82, 2.24) is 7.96 Å². The molecule has 2 N–H and O–H groups in total. The van der Waals surface area contributed by atoms with Gasteiger partial charge in [-0.05, 0) is 0 Å². The van der Waals surface area contributed by atoms with E-state index < -0.39 is 17.8 Å². The first kappa shape index (κ1) is 14.2. The van der Waals surface area contributed by atoms with Crippen LogP contribution in [0.3, 0.4) is 0 Å². The monoisotopic (exact) mass is 353 g/mol. The number of benzene rings is 1. The molecule has 2 aromatic rings. The number of hydrogen-bond donors (Lipinski definition) is 2. The number of aromatic nitrogens is 2. The molecule has 2 unspecified atom stereocenters. The predicted octanol–water partition coefficient (Wildman–Crippen LogP) is 1.52. The fourth-order valence-corrected chi connectivity index (χ4v) is 4.03. The van der Waals surface area contributed by atoms with E-state index in [9.17, 15) is 14.7 Å². The first-order valence-electron chi connectivity index (χ1n) is 6.92. The zero-order valence-corrected chi connectivity index (χ0v) is 13.0. The van der Waals surface area contributed by atoms with E-state index in [2.05, 4.69) is 13.3 Å². The van der Waals surface area contributed by atoms with Crippen molar-refractivity contribution in [3.8, 4) is 0 Å². The summed E-state index contributed by atoms with van der Waals surface area (Å²) in [6, 6.07) is 5.48. The number of rotatable bonds is 3. The van der Waals surface area contributed by atoms with E-state index in [-0.39, 0.29) is 20.9 Å². The third kappa shape index (κ3) is 2.84. The molecular weight excluding hydrogens is 337 g/mol. The second kappa shape index (κ2) is 5.95. The zero-order chi connectivity index (χ0) is 14.8. The van der Waals surface area contributed by atoms with Gasteiger partial charge in [0.1, 0.15) is 0 Å². The number of fused-ring (bicyclic) bond motifs is 1. The summed E-state index contributed by atoms with van der Waals surface area (Å²) in [7, 11) is 0. The van der Waals surface area contributed by atoms with Crippen molar-refractivity contribution in [1.29, 1.82) is 0 Å². The number of hydrogen-bond acceptors (Lipinski definition) is 4. The van der Waals surface area contributed by atoms with Crippen LogP contribution in [0.4, 0.5) is 5.69 Å². The Morgan fingerprint density at radius 2 is 1.95 bits per heavy atom. The van der Waals surface area contributed by atoms with Crippen molar-refractivity contribution in [3.63, 3.8) is 0 Å². The fourth-order valence-electron chi connectivity index (χ4n) is 2.87. The summed E-state index contributed by atoms with van der Waals surface area (Å²) >= 11 is -0.155. The Balaban J connectivity index is 1.82. The first-order valence-corrected chi connectivity index (χ1v) is 8.45. The number of aliphatic carboxylic acids is 1. The molecule has 21 heavy (non-hydrogen) atoms. The minimum atomic E-state index is -0.879. The maximum atomic E-state index is 12.4. The molecule has 110 valence electrons. The maximum absolute atomic E-state index is 12.4. The number of carboxylic acids is 1. The summed E-state index contributed by atoms with van der Waals surface area (Å²) in [6.45, 7) is 0. The Bertz CT molecular complexity index is 685. The van der Waals surface area contributed by atoms with Gasteiger partial charge in [-0.1, -0.05) is 0 Å². The number of nitrogens with one attached hydrogen (secondary N) is 1. The van der Waals surface area contributed by atoms with Crippen LogP contribution in [0, 0.1) is 11.8 Å². The molecule has 1 amide bonds. The standard InChI is InChI=1S/C14H15N3O3Se/c18-13(8-4-1-2-5-9(8)14(19)20)15-10-6-3-7-11-12(10)17-21-16-11/h3,6-9H,1-2,4-5H2,(H,15,18)(H,19,20).